The lowest BCUT2D eigenvalue weighted by Crippen LogP contribution is -2.30. The topological polar surface area (TPSA) is 76.2 Å². The summed E-state index contributed by atoms with van der Waals surface area (Å²) in [5.41, 5.74) is 6.97. The van der Waals surface area contributed by atoms with E-state index >= 15 is 0 Å². The number of nitrogens with zero attached hydrogens (tertiary/aromatic N) is 1. The maximum absolute atomic E-state index is 11.9. The molecule has 0 radical (unpaired) electrons. The minimum absolute atomic E-state index is 0.0281. The first-order valence-corrected chi connectivity index (χ1v) is 5.99. The van der Waals surface area contributed by atoms with Crippen LogP contribution in [0.3, 0.4) is 0 Å². The van der Waals surface area contributed by atoms with Gasteiger partial charge in [0.25, 0.3) is 0 Å². The Morgan fingerprint density at radius 2 is 2.12 bits per heavy atom. The van der Waals surface area contributed by atoms with Gasteiger partial charge in [-0.1, -0.05) is 26.7 Å². The van der Waals surface area contributed by atoms with E-state index in [2.05, 4.69) is 4.98 Å². The van der Waals surface area contributed by atoms with E-state index in [1.54, 1.807) is 18.5 Å². The number of aromatic nitrogens is 1. The molecule has 0 spiro atoms. The van der Waals surface area contributed by atoms with Crippen molar-refractivity contribution in [2.24, 2.45) is 5.92 Å². The van der Waals surface area contributed by atoms with Gasteiger partial charge in [0.2, 0.25) is 0 Å². The summed E-state index contributed by atoms with van der Waals surface area (Å²) >= 11 is 0. The number of ketones is 1. The molecule has 0 fully saturated rings. The van der Waals surface area contributed by atoms with Gasteiger partial charge in [0.1, 0.15) is 6.10 Å². The van der Waals surface area contributed by atoms with Crippen molar-refractivity contribution in [2.45, 2.75) is 39.2 Å². The fourth-order valence-corrected chi connectivity index (χ4v) is 1.88. The molecule has 17 heavy (non-hydrogen) atoms. The summed E-state index contributed by atoms with van der Waals surface area (Å²) in [6.07, 6.45) is 4.01. The molecule has 0 saturated heterocycles. The van der Waals surface area contributed by atoms with Crippen molar-refractivity contribution in [3.05, 3.63) is 24.0 Å². The highest BCUT2D eigenvalue weighted by molar-refractivity contribution is 5.86. The summed E-state index contributed by atoms with van der Waals surface area (Å²) in [7, 11) is 0. The molecule has 94 valence electrons. The van der Waals surface area contributed by atoms with Crippen LogP contribution in [0.15, 0.2) is 18.5 Å². The minimum Gasteiger partial charge on any atom is -0.398 e. The standard InChI is InChI=1S/C13H20N2O2/c1-3-9(4-2)13(17)12(16)7-10-8-15-6-5-11(10)14/h5-6,8-9,13,17H,3-4,7H2,1-2H3,(H2,14,15). The number of carbonyl (C=O) groups excluding carboxylic acids is 1. The second-order valence-corrected chi connectivity index (χ2v) is 4.24. The first-order chi connectivity index (χ1) is 8.10. The van der Waals surface area contributed by atoms with Crippen molar-refractivity contribution in [1.29, 1.82) is 0 Å². The van der Waals surface area contributed by atoms with Crippen molar-refractivity contribution in [3.63, 3.8) is 0 Å². The molecule has 0 bridgehead atoms. The fraction of sp³-hybridized carbons (Fsp3) is 0.538. The summed E-state index contributed by atoms with van der Waals surface area (Å²) in [5.74, 6) is -0.154. The molecule has 0 aliphatic heterocycles. The van der Waals surface area contributed by atoms with Gasteiger partial charge in [-0.15, -0.1) is 0 Å². The number of hydrogen-bond acceptors (Lipinski definition) is 4. The monoisotopic (exact) mass is 236 g/mol. The largest absolute Gasteiger partial charge is 0.398 e. The van der Waals surface area contributed by atoms with Gasteiger partial charge < -0.3 is 10.8 Å². The number of Topliss-reactive ketones (excluding diaryl/α,β-unsaturated/α-hetero) is 1. The highest BCUT2D eigenvalue weighted by Gasteiger charge is 2.23. The van der Waals surface area contributed by atoms with Gasteiger partial charge in [0.05, 0.1) is 0 Å². The predicted octanol–water partition coefficient (Wildman–Crippen LogP) is 1.57. The number of carbonyl (C=O) groups is 1. The summed E-state index contributed by atoms with van der Waals surface area (Å²) < 4.78 is 0. The van der Waals surface area contributed by atoms with Crippen LogP contribution < -0.4 is 5.73 Å². The minimum atomic E-state index is -0.899. The molecule has 0 aromatic carbocycles. The number of aliphatic hydroxyl groups is 1. The van der Waals surface area contributed by atoms with Gasteiger partial charge in [0, 0.05) is 30.1 Å². The number of nitrogen functional groups attached to an aromatic ring is 1. The number of rotatable bonds is 6. The maximum Gasteiger partial charge on any atom is 0.166 e. The number of pyridine rings is 1. The first kappa shape index (κ1) is 13.6. The highest BCUT2D eigenvalue weighted by atomic mass is 16.3. The zero-order chi connectivity index (χ0) is 12.8. The number of anilines is 1. The summed E-state index contributed by atoms with van der Waals surface area (Å²) in [4.78, 5) is 15.8. The number of hydrogen-bond donors (Lipinski definition) is 2. The molecule has 0 amide bonds. The number of nitrogens with two attached hydrogens (primary N) is 1. The second-order valence-electron chi connectivity index (χ2n) is 4.24. The zero-order valence-electron chi connectivity index (χ0n) is 10.4. The van der Waals surface area contributed by atoms with E-state index in [4.69, 9.17) is 5.73 Å². The Kier molecular flexibility index (Phi) is 5.10. The summed E-state index contributed by atoms with van der Waals surface area (Å²) in [5, 5.41) is 9.92. The lowest BCUT2D eigenvalue weighted by atomic mass is 9.91. The van der Waals surface area contributed by atoms with Crippen molar-refractivity contribution in [1.82, 2.24) is 4.98 Å². The van der Waals surface area contributed by atoms with Crippen LogP contribution >= 0.6 is 0 Å². The van der Waals surface area contributed by atoms with Crippen LogP contribution in [-0.2, 0) is 11.2 Å². The molecule has 4 heteroatoms. The van der Waals surface area contributed by atoms with E-state index in [1.165, 1.54) is 0 Å². The fourth-order valence-electron chi connectivity index (χ4n) is 1.88. The van der Waals surface area contributed by atoms with Crippen LogP contribution in [0.1, 0.15) is 32.3 Å². The van der Waals surface area contributed by atoms with Gasteiger partial charge in [-0.2, -0.15) is 0 Å². The lowest BCUT2D eigenvalue weighted by Gasteiger charge is -2.18. The van der Waals surface area contributed by atoms with Crippen LogP contribution in [0.25, 0.3) is 0 Å². The molecule has 3 N–H and O–H groups in total. The van der Waals surface area contributed by atoms with Gasteiger partial charge in [-0.3, -0.25) is 9.78 Å². The third-order valence-corrected chi connectivity index (χ3v) is 3.13. The van der Waals surface area contributed by atoms with E-state index in [0.717, 1.165) is 12.8 Å². The van der Waals surface area contributed by atoms with Gasteiger partial charge in [0.15, 0.2) is 5.78 Å². The molecule has 4 nitrogen and oxygen atoms in total. The van der Waals surface area contributed by atoms with Crippen LogP contribution in [-0.4, -0.2) is 22.0 Å². The molecule has 0 saturated carbocycles. The van der Waals surface area contributed by atoms with Crippen LogP contribution in [0.4, 0.5) is 5.69 Å². The Bertz CT molecular complexity index is 375. The van der Waals surface area contributed by atoms with E-state index in [0.29, 0.717) is 11.3 Å². The molecular formula is C13H20N2O2. The van der Waals surface area contributed by atoms with E-state index in [9.17, 15) is 9.90 Å². The third kappa shape index (κ3) is 3.53. The first-order valence-electron chi connectivity index (χ1n) is 5.99. The smallest absolute Gasteiger partial charge is 0.166 e. The quantitative estimate of drug-likeness (QED) is 0.786. The van der Waals surface area contributed by atoms with Crippen molar-refractivity contribution < 1.29 is 9.90 Å². The Hall–Kier alpha value is -1.42. The molecule has 1 aromatic rings. The van der Waals surface area contributed by atoms with E-state index in [1.807, 2.05) is 13.8 Å². The van der Waals surface area contributed by atoms with Crippen molar-refractivity contribution in [2.75, 3.05) is 5.73 Å². The zero-order valence-corrected chi connectivity index (χ0v) is 10.4. The molecule has 1 atom stereocenters. The Labute approximate surface area is 102 Å². The van der Waals surface area contributed by atoms with Crippen molar-refractivity contribution >= 4 is 11.5 Å². The second kappa shape index (κ2) is 6.35. The van der Waals surface area contributed by atoms with E-state index < -0.39 is 6.10 Å². The summed E-state index contributed by atoms with van der Waals surface area (Å²) in [6, 6.07) is 1.66. The van der Waals surface area contributed by atoms with Gasteiger partial charge in [-0.25, -0.2) is 0 Å². The van der Waals surface area contributed by atoms with Crippen LogP contribution in [0, 0.1) is 5.92 Å². The van der Waals surface area contributed by atoms with Gasteiger partial charge >= 0.3 is 0 Å². The highest BCUT2D eigenvalue weighted by Crippen LogP contribution is 2.17. The molecular weight excluding hydrogens is 216 g/mol. The molecule has 1 unspecified atom stereocenters. The predicted molar refractivity (Wildman–Crippen MR) is 67.4 cm³/mol. The van der Waals surface area contributed by atoms with Crippen LogP contribution in [0.5, 0.6) is 0 Å². The number of aliphatic hydroxyl groups excluding tert-OH is 1. The maximum atomic E-state index is 11.9. The van der Waals surface area contributed by atoms with Crippen molar-refractivity contribution in [3.8, 4) is 0 Å². The molecule has 1 rings (SSSR count). The molecule has 0 aliphatic carbocycles. The Morgan fingerprint density at radius 3 is 2.65 bits per heavy atom. The summed E-state index contributed by atoms with van der Waals surface area (Å²) in [6.45, 7) is 3.95. The Morgan fingerprint density at radius 1 is 1.47 bits per heavy atom. The third-order valence-electron chi connectivity index (χ3n) is 3.13. The van der Waals surface area contributed by atoms with E-state index in [-0.39, 0.29) is 18.1 Å². The molecule has 1 heterocycles. The normalized spacial score (nSPS) is 12.7. The lowest BCUT2D eigenvalue weighted by molar-refractivity contribution is -0.129. The molecule has 1 aromatic heterocycles. The average Bonchev–Trinajstić information content (AvgIpc) is 2.33. The molecule has 0 aliphatic rings. The average molecular weight is 236 g/mol. The van der Waals surface area contributed by atoms with Gasteiger partial charge in [-0.05, 0) is 12.0 Å². The van der Waals surface area contributed by atoms with Crippen LogP contribution in [0.2, 0.25) is 0 Å². The SMILES string of the molecule is CCC(CC)C(O)C(=O)Cc1cnccc1N. The Balaban J connectivity index is 2.69.